The van der Waals surface area contributed by atoms with E-state index < -0.39 is 0 Å². The fraction of sp³-hybridized carbons (Fsp3) is 0.375. The first-order chi connectivity index (χ1) is 10.6. The molecule has 0 saturated heterocycles. The Balaban J connectivity index is 1.86. The second-order valence-corrected chi connectivity index (χ2v) is 5.60. The molecule has 1 aliphatic heterocycles. The van der Waals surface area contributed by atoms with Crippen molar-refractivity contribution in [3.8, 4) is 17.2 Å². The molecule has 6 heteroatoms. The Morgan fingerprint density at radius 3 is 2.95 bits per heavy atom. The Morgan fingerprint density at radius 2 is 2.14 bits per heavy atom. The van der Waals surface area contributed by atoms with E-state index >= 15 is 0 Å². The van der Waals surface area contributed by atoms with Gasteiger partial charge >= 0.3 is 0 Å². The highest BCUT2D eigenvalue weighted by atomic mass is 16.7. The van der Waals surface area contributed by atoms with Gasteiger partial charge in [-0.15, -0.1) is 0 Å². The maximum absolute atomic E-state index is 12.5. The van der Waals surface area contributed by atoms with Crippen molar-refractivity contribution in [3.63, 3.8) is 0 Å². The summed E-state index contributed by atoms with van der Waals surface area (Å²) in [6, 6.07) is 5.42. The van der Waals surface area contributed by atoms with E-state index in [1.165, 1.54) is 0 Å². The molecule has 3 rings (SSSR count). The Morgan fingerprint density at radius 1 is 1.32 bits per heavy atom. The van der Waals surface area contributed by atoms with E-state index in [1.807, 2.05) is 6.07 Å². The van der Waals surface area contributed by atoms with Crippen molar-refractivity contribution >= 4 is 5.82 Å². The standard InChI is InChI=1S/C16H19N3O3/c1-11(2)5-6-17-15-16(20)19(8-7-18-15)12-3-4-13-14(9-12)22-10-21-13/h3-4,7-9,11H,5-6,10H2,1-2H3,(H,17,18). The summed E-state index contributed by atoms with van der Waals surface area (Å²) in [6.45, 7) is 5.23. The van der Waals surface area contributed by atoms with Gasteiger partial charge in [0.05, 0.1) is 5.69 Å². The molecule has 0 bridgehead atoms. The minimum atomic E-state index is -0.176. The van der Waals surface area contributed by atoms with Crippen LogP contribution in [0.5, 0.6) is 11.5 Å². The number of hydrogen-bond donors (Lipinski definition) is 1. The molecular formula is C16H19N3O3. The highest BCUT2D eigenvalue weighted by Crippen LogP contribution is 2.33. The van der Waals surface area contributed by atoms with Crippen molar-refractivity contribution in [1.82, 2.24) is 9.55 Å². The molecule has 0 radical (unpaired) electrons. The molecule has 1 aliphatic rings. The number of fused-ring (bicyclic) bond motifs is 1. The quantitative estimate of drug-likeness (QED) is 0.918. The van der Waals surface area contributed by atoms with E-state index in [9.17, 15) is 4.79 Å². The van der Waals surface area contributed by atoms with Crippen LogP contribution in [0.15, 0.2) is 35.4 Å². The Kier molecular flexibility index (Phi) is 4.00. The molecular weight excluding hydrogens is 282 g/mol. The van der Waals surface area contributed by atoms with Gasteiger partial charge in [-0.25, -0.2) is 4.98 Å². The van der Waals surface area contributed by atoms with Crippen LogP contribution in [0.1, 0.15) is 20.3 Å². The summed E-state index contributed by atoms with van der Waals surface area (Å²) in [6.07, 6.45) is 4.25. The van der Waals surface area contributed by atoms with Crippen molar-refractivity contribution < 1.29 is 9.47 Å². The zero-order valence-corrected chi connectivity index (χ0v) is 12.7. The summed E-state index contributed by atoms with van der Waals surface area (Å²) in [7, 11) is 0. The van der Waals surface area contributed by atoms with E-state index in [0.717, 1.165) is 18.7 Å². The van der Waals surface area contributed by atoms with E-state index in [0.29, 0.717) is 23.2 Å². The smallest absolute Gasteiger partial charge is 0.297 e. The second-order valence-electron chi connectivity index (χ2n) is 5.60. The lowest BCUT2D eigenvalue weighted by molar-refractivity contribution is 0.174. The number of rotatable bonds is 5. The SMILES string of the molecule is CC(C)CCNc1nccn(-c2ccc3c(c2)OCO3)c1=O. The average Bonchev–Trinajstić information content (AvgIpc) is 2.96. The molecule has 2 aromatic rings. The number of nitrogens with one attached hydrogen (secondary N) is 1. The third kappa shape index (κ3) is 2.90. The molecule has 2 heterocycles. The maximum Gasteiger partial charge on any atom is 0.297 e. The minimum Gasteiger partial charge on any atom is -0.454 e. The van der Waals surface area contributed by atoms with E-state index in [1.54, 1.807) is 29.1 Å². The van der Waals surface area contributed by atoms with Crippen LogP contribution in [0.25, 0.3) is 5.69 Å². The normalized spacial score (nSPS) is 12.7. The molecule has 116 valence electrons. The average molecular weight is 301 g/mol. The molecule has 0 aliphatic carbocycles. The van der Waals surface area contributed by atoms with E-state index in [2.05, 4.69) is 24.1 Å². The first-order valence-electron chi connectivity index (χ1n) is 7.36. The molecule has 22 heavy (non-hydrogen) atoms. The number of aromatic nitrogens is 2. The predicted octanol–water partition coefficient (Wildman–Crippen LogP) is 2.42. The molecule has 1 aromatic heterocycles. The van der Waals surface area contributed by atoms with Gasteiger partial charge in [0.25, 0.3) is 5.56 Å². The zero-order chi connectivity index (χ0) is 15.5. The van der Waals surface area contributed by atoms with Crippen molar-refractivity contribution in [3.05, 3.63) is 40.9 Å². The van der Waals surface area contributed by atoms with Gasteiger partial charge in [-0.05, 0) is 24.5 Å². The molecule has 1 N–H and O–H groups in total. The molecule has 0 spiro atoms. The summed E-state index contributed by atoms with van der Waals surface area (Å²) in [5.41, 5.74) is 0.550. The molecule has 0 saturated carbocycles. The van der Waals surface area contributed by atoms with Gasteiger partial charge in [0, 0.05) is 25.0 Å². The van der Waals surface area contributed by atoms with Gasteiger partial charge in [-0.3, -0.25) is 9.36 Å². The predicted molar refractivity (Wildman–Crippen MR) is 83.9 cm³/mol. The zero-order valence-electron chi connectivity index (χ0n) is 12.7. The summed E-state index contributed by atoms with van der Waals surface area (Å²) in [5, 5.41) is 3.11. The van der Waals surface area contributed by atoms with E-state index in [-0.39, 0.29) is 12.4 Å². The monoisotopic (exact) mass is 301 g/mol. The second kappa shape index (κ2) is 6.09. The van der Waals surface area contributed by atoms with Gasteiger partial charge in [0.2, 0.25) is 6.79 Å². The van der Waals surface area contributed by atoms with Crippen molar-refractivity contribution in [1.29, 1.82) is 0 Å². The molecule has 6 nitrogen and oxygen atoms in total. The third-order valence-corrected chi connectivity index (χ3v) is 3.49. The van der Waals surface area contributed by atoms with Crippen LogP contribution in [0, 0.1) is 5.92 Å². The molecule has 0 amide bonds. The highest BCUT2D eigenvalue weighted by Gasteiger charge is 2.15. The van der Waals surface area contributed by atoms with Crippen LogP contribution in [0.4, 0.5) is 5.82 Å². The van der Waals surface area contributed by atoms with Crippen molar-refractivity contribution in [2.75, 3.05) is 18.7 Å². The first-order valence-corrected chi connectivity index (χ1v) is 7.36. The number of ether oxygens (including phenoxy) is 2. The van der Waals surface area contributed by atoms with E-state index in [4.69, 9.17) is 9.47 Å². The fourth-order valence-corrected chi connectivity index (χ4v) is 2.25. The van der Waals surface area contributed by atoms with Crippen LogP contribution in [0.2, 0.25) is 0 Å². The van der Waals surface area contributed by atoms with Crippen LogP contribution in [-0.4, -0.2) is 22.9 Å². The van der Waals surface area contributed by atoms with Crippen LogP contribution in [-0.2, 0) is 0 Å². The van der Waals surface area contributed by atoms with Gasteiger partial charge in [0.15, 0.2) is 17.3 Å². The number of anilines is 1. The molecule has 0 unspecified atom stereocenters. The van der Waals surface area contributed by atoms with Crippen LogP contribution < -0.4 is 20.3 Å². The lowest BCUT2D eigenvalue weighted by atomic mass is 10.1. The molecule has 0 fully saturated rings. The van der Waals surface area contributed by atoms with Crippen molar-refractivity contribution in [2.24, 2.45) is 5.92 Å². The number of hydrogen-bond acceptors (Lipinski definition) is 5. The van der Waals surface area contributed by atoms with Crippen LogP contribution in [0.3, 0.4) is 0 Å². The number of nitrogens with zero attached hydrogens (tertiary/aromatic N) is 2. The first kappa shape index (κ1) is 14.4. The van der Waals surface area contributed by atoms with Gasteiger partial charge in [-0.2, -0.15) is 0 Å². The Labute approximate surface area is 128 Å². The summed E-state index contributed by atoms with van der Waals surface area (Å²) in [5.74, 6) is 2.28. The molecule has 1 aromatic carbocycles. The lowest BCUT2D eigenvalue weighted by Gasteiger charge is -2.10. The van der Waals surface area contributed by atoms with Gasteiger partial charge in [0.1, 0.15) is 0 Å². The van der Waals surface area contributed by atoms with Crippen molar-refractivity contribution in [2.45, 2.75) is 20.3 Å². The summed E-state index contributed by atoms with van der Waals surface area (Å²) >= 11 is 0. The largest absolute Gasteiger partial charge is 0.454 e. The topological polar surface area (TPSA) is 65.4 Å². The third-order valence-electron chi connectivity index (χ3n) is 3.49. The lowest BCUT2D eigenvalue weighted by Crippen LogP contribution is -2.23. The number of benzene rings is 1. The maximum atomic E-state index is 12.5. The fourth-order valence-electron chi connectivity index (χ4n) is 2.25. The molecule has 0 atom stereocenters. The summed E-state index contributed by atoms with van der Waals surface area (Å²) in [4.78, 5) is 16.6. The Bertz CT molecular complexity index is 725. The minimum absolute atomic E-state index is 0.176. The van der Waals surface area contributed by atoms with Crippen LogP contribution >= 0.6 is 0 Å². The van der Waals surface area contributed by atoms with Gasteiger partial charge in [-0.1, -0.05) is 13.8 Å². The van der Waals surface area contributed by atoms with Gasteiger partial charge < -0.3 is 14.8 Å². The highest BCUT2D eigenvalue weighted by molar-refractivity contribution is 5.50. The summed E-state index contributed by atoms with van der Waals surface area (Å²) < 4.78 is 12.2. The Hall–Kier alpha value is -2.50.